The van der Waals surface area contributed by atoms with Crippen molar-refractivity contribution in [3.05, 3.63) is 19.4 Å². The Kier molecular flexibility index (Phi) is 4.31. The van der Waals surface area contributed by atoms with Gasteiger partial charge in [0.25, 0.3) is 0 Å². The quantitative estimate of drug-likeness (QED) is 0.741. The fourth-order valence-electron chi connectivity index (χ4n) is 3.61. The molecule has 1 aromatic rings. The zero-order valence-corrected chi connectivity index (χ0v) is 14.0. The normalized spacial score (nSPS) is 26.2. The first-order valence-corrected chi connectivity index (χ1v) is 9.17. The third-order valence-corrected chi connectivity index (χ3v) is 6.63. The lowest BCUT2D eigenvalue weighted by atomic mass is 9.91. The third-order valence-electron chi connectivity index (χ3n) is 4.65. The molecule has 3 heteroatoms. The summed E-state index contributed by atoms with van der Waals surface area (Å²) in [6.45, 7) is 2.40. The minimum absolute atomic E-state index is 0.629. The molecule has 2 aliphatic carbocycles. The molecule has 1 heterocycles. The lowest BCUT2D eigenvalue weighted by Crippen LogP contribution is -2.36. The van der Waals surface area contributed by atoms with Crippen LogP contribution < -0.4 is 5.32 Å². The minimum atomic E-state index is 0.629. The van der Waals surface area contributed by atoms with Gasteiger partial charge in [0.1, 0.15) is 0 Å². The van der Waals surface area contributed by atoms with Crippen LogP contribution in [-0.2, 0) is 6.42 Å². The number of rotatable bonds is 3. The van der Waals surface area contributed by atoms with E-state index in [2.05, 4.69) is 40.9 Å². The van der Waals surface area contributed by atoms with Crippen LogP contribution in [0.4, 0.5) is 0 Å². The molecule has 1 saturated carbocycles. The van der Waals surface area contributed by atoms with Gasteiger partial charge in [-0.3, -0.25) is 0 Å². The van der Waals surface area contributed by atoms with Crippen LogP contribution in [-0.4, -0.2) is 6.04 Å². The van der Waals surface area contributed by atoms with Crippen LogP contribution in [0.3, 0.4) is 0 Å². The van der Waals surface area contributed by atoms with Crippen molar-refractivity contribution in [3.63, 3.8) is 0 Å². The average molecular weight is 375 g/mol. The maximum atomic E-state index is 3.93. The molecule has 100 valence electrons. The molecule has 0 amide bonds. The van der Waals surface area contributed by atoms with Crippen molar-refractivity contribution in [2.24, 2.45) is 5.92 Å². The molecule has 0 saturated heterocycles. The molecule has 1 nitrogen and oxygen atoms in total. The van der Waals surface area contributed by atoms with Gasteiger partial charge in [0.05, 0.1) is 2.88 Å². The Morgan fingerprint density at radius 1 is 1.28 bits per heavy atom. The Bertz CT molecular complexity index is 409. The molecule has 1 aromatic heterocycles. The number of thiophene rings is 1. The molecular weight excluding hydrogens is 353 g/mol. The Labute approximate surface area is 128 Å². The molecule has 0 radical (unpaired) electrons. The maximum Gasteiger partial charge on any atom is 0.0659 e. The molecule has 1 unspecified atom stereocenters. The molecule has 0 aliphatic heterocycles. The van der Waals surface area contributed by atoms with Crippen LogP contribution in [0.2, 0.25) is 0 Å². The van der Waals surface area contributed by atoms with Gasteiger partial charge >= 0.3 is 0 Å². The number of hydrogen-bond acceptors (Lipinski definition) is 2. The van der Waals surface area contributed by atoms with Crippen LogP contribution in [0.15, 0.2) is 6.07 Å². The van der Waals surface area contributed by atoms with E-state index in [1.807, 2.05) is 11.3 Å². The zero-order valence-electron chi connectivity index (χ0n) is 11.0. The van der Waals surface area contributed by atoms with Crippen LogP contribution >= 0.6 is 33.9 Å². The van der Waals surface area contributed by atoms with Crippen molar-refractivity contribution < 1.29 is 0 Å². The fraction of sp³-hybridized carbons (Fsp3) is 0.733. The van der Waals surface area contributed by atoms with Crippen LogP contribution in [0.1, 0.15) is 61.9 Å². The fourth-order valence-corrected chi connectivity index (χ4v) is 5.72. The number of nitrogens with one attached hydrogen (secondary N) is 1. The van der Waals surface area contributed by atoms with Gasteiger partial charge < -0.3 is 5.32 Å². The highest BCUT2D eigenvalue weighted by molar-refractivity contribution is 14.1. The van der Waals surface area contributed by atoms with Gasteiger partial charge in [-0.05, 0) is 79.2 Å². The van der Waals surface area contributed by atoms with Gasteiger partial charge in [-0.2, -0.15) is 0 Å². The highest BCUT2D eigenvalue weighted by Gasteiger charge is 2.27. The van der Waals surface area contributed by atoms with E-state index >= 15 is 0 Å². The molecule has 1 N–H and O–H groups in total. The van der Waals surface area contributed by atoms with E-state index in [1.165, 1.54) is 47.8 Å². The second-order valence-electron chi connectivity index (χ2n) is 5.87. The number of halogens is 1. The van der Waals surface area contributed by atoms with E-state index in [9.17, 15) is 0 Å². The Balaban J connectivity index is 1.69. The smallest absolute Gasteiger partial charge is 0.0659 e. The van der Waals surface area contributed by atoms with Crippen molar-refractivity contribution >= 4 is 33.9 Å². The summed E-state index contributed by atoms with van der Waals surface area (Å²) >= 11 is 4.47. The van der Waals surface area contributed by atoms with Crippen molar-refractivity contribution in [2.45, 2.75) is 64.0 Å². The summed E-state index contributed by atoms with van der Waals surface area (Å²) in [5, 5.41) is 3.93. The highest BCUT2D eigenvalue weighted by atomic mass is 127. The number of hydrogen-bond donors (Lipinski definition) is 1. The number of fused-ring (bicyclic) bond motifs is 1. The third kappa shape index (κ3) is 2.78. The first-order valence-electron chi connectivity index (χ1n) is 7.28. The summed E-state index contributed by atoms with van der Waals surface area (Å²) in [7, 11) is 0. The Hall–Kier alpha value is 0.390. The predicted molar refractivity (Wildman–Crippen MR) is 87.3 cm³/mol. The minimum Gasteiger partial charge on any atom is -0.307 e. The molecule has 0 bridgehead atoms. The van der Waals surface area contributed by atoms with E-state index in [0.717, 1.165) is 5.92 Å². The van der Waals surface area contributed by atoms with E-state index in [1.54, 1.807) is 10.4 Å². The van der Waals surface area contributed by atoms with Crippen LogP contribution in [0.5, 0.6) is 0 Å². The van der Waals surface area contributed by atoms with Gasteiger partial charge in [0, 0.05) is 17.0 Å². The number of aryl methyl sites for hydroxylation is 1. The monoisotopic (exact) mass is 375 g/mol. The second kappa shape index (κ2) is 5.80. The summed E-state index contributed by atoms with van der Waals surface area (Å²) < 4.78 is 1.46. The molecule has 2 atom stereocenters. The van der Waals surface area contributed by atoms with Gasteiger partial charge in [0.15, 0.2) is 0 Å². The summed E-state index contributed by atoms with van der Waals surface area (Å²) in [4.78, 5) is 1.64. The summed E-state index contributed by atoms with van der Waals surface area (Å²) in [5.41, 5.74) is 1.61. The van der Waals surface area contributed by atoms with E-state index in [4.69, 9.17) is 0 Å². The summed E-state index contributed by atoms with van der Waals surface area (Å²) in [6, 6.07) is 3.74. The lowest BCUT2D eigenvalue weighted by molar-refractivity contribution is 0.325. The SMILES string of the molecule is C[C@H](NC1CCCc2sc(I)cc21)C1CCCC1. The first-order chi connectivity index (χ1) is 8.74. The largest absolute Gasteiger partial charge is 0.307 e. The van der Waals surface area contributed by atoms with Crippen molar-refractivity contribution in [1.29, 1.82) is 0 Å². The molecule has 2 aliphatic rings. The van der Waals surface area contributed by atoms with E-state index < -0.39 is 0 Å². The lowest BCUT2D eigenvalue weighted by Gasteiger charge is -2.30. The van der Waals surface area contributed by atoms with Crippen molar-refractivity contribution in [2.75, 3.05) is 0 Å². The van der Waals surface area contributed by atoms with Gasteiger partial charge in [-0.15, -0.1) is 11.3 Å². The zero-order chi connectivity index (χ0) is 12.5. The van der Waals surface area contributed by atoms with Crippen molar-refractivity contribution in [1.82, 2.24) is 5.32 Å². The molecular formula is C15H22INS. The van der Waals surface area contributed by atoms with Crippen molar-refractivity contribution in [3.8, 4) is 0 Å². The van der Waals surface area contributed by atoms with Gasteiger partial charge in [-0.25, -0.2) is 0 Å². The topological polar surface area (TPSA) is 12.0 Å². The van der Waals surface area contributed by atoms with Crippen LogP contribution in [0, 0.1) is 8.80 Å². The second-order valence-corrected chi connectivity index (χ2v) is 8.90. The maximum absolute atomic E-state index is 3.93. The van der Waals surface area contributed by atoms with Gasteiger partial charge in [-0.1, -0.05) is 12.8 Å². The summed E-state index contributed by atoms with van der Waals surface area (Å²) in [6.07, 6.45) is 9.77. The first kappa shape index (κ1) is 13.4. The Morgan fingerprint density at radius 3 is 2.83 bits per heavy atom. The molecule has 3 rings (SSSR count). The van der Waals surface area contributed by atoms with E-state index in [-0.39, 0.29) is 0 Å². The highest BCUT2D eigenvalue weighted by Crippen LogP contribution is 2.37. The predicted octanol–water partition coefficient (Wildman–Crippen LogP) is 4.90. The Morgan fingerprint density at radius 2 is 2.06 bits per heavy atom. The van der Waals surface area contributed by atoms with Crippen LogP contribution in [0.25, 0.3) is 0 Å². The molecule has 0 aromatic carbocycles. The molecule has 0 spiro atoms. The standard InChI is InChI=1S/C15H22INS/c1-10(11-5-2-3-6-11)17-13-7-4-8-14-12(13)9-15(16)18-14/h9-11,13,17H,2-8H2,1H3/t10-,13?/m0/s1. The summed E-state index contributed by atoms with van der Waals surface area (Å²) in [5.74, 6) is 0.924. The average Bonchev–Trinajstić information content (AvgIpc) is 2.96. The van der Waals surface area contributed by atoms with E-state index in [0.29, 0.717) is 12.1 Å². The van der Waals surface area contributed by atoms with Gasteiger partial charge in [0.2, 0.25) is 0 Å². The molecule has 1 fully saturated rings. The molecule has 18 heavy (non-hydrogen) atoms.